The lowest BCUT2D eigenvalue weighted by Crippen LogP contribution is -2.37. The highest BCUT2D eigenvalue weighted by Gasteiger charge is 2.25. The molecule has 27 heavy (non-hydrogen) atoms. The minimum absolute atomic E-state index is 0.227. The van der Waals surface area contributed by atoms with Crippen LogP contribution in [0.1, 0.15) is 42.1 Å². The Morgan fingerprint density at radius 2 is 1.96 bits per heavy atom. The Balaban J connectivity index is 1.77. The van der Waals surface area contributed by atoms with Gasteiger partial charge in [-0.15, -0.1) is 0 Å². The second kappa shape index (κ2) is 7.57. The standard InChI is InChI=1S/C22H21ClN2O2/c1-2-27-22(26)25-12-9-15(10-13-25)20-19-8-7-18(23)14-17(19)6-5-16-4-3-11-24-21(16)20/h3-8,11,14H,2,9-10,12-13H2,1H3. The molecule has 2 heterocycles. The van der Waals surface area contributed by atoms with Crippen LogP contribution in [0, 0.1) is 0 Å². The number of halogens is 1. The monoisotopic (exact) mass is 380 g/mol. The van der Waals surface area contributed by atoms with E-state index in [4.69, 9.17) is 21.3 Å². The fourth-order valence-electron chi connectivity index (χ4n) is 3.75. The van der Waals surface area contributed by atoms with Crippen molar-refractivity contribution < 1.29 is 9.53 Å². The second-order valence-electron chi connectivity index (χ2n) is 6.67. The molecule has 2 aliphatic rings. The molecular formula is C22H21ClN2O2. The molecule has 1 aliphatic carbocycles. The van der Waals surface area contributed by atoms with E-state index in [2.05, 4.69) is 24.3 Å². The van der Waals surface area contributed by atoms with E-state index in [9.17, 15) is 4.79 Å². The van der Waals surface area contributed by atoms with Gasteiger partial charge in [0.1, 0.15) is 0 Å². The predicted octanol–water partition coefficient (Wildman–Crippen LogP) is 5.27. The summed E-state index contributed by atoms with van der Waals surface area (Å²) in [7, 11) is 0. The number of aromatic nitrogens is 1. The molecule has 1 fully saturated rings. The van der Waals surface area contributed by atoms with Crippen LogP contribution in [-0.2, 0) is 4.74 Å². The summed E-state index contributed by atoms with van der Waals surface area (Å²) < 4.78 is 5.14. The SMILES string of the molecule is CCOC(=O)N1CCC(=C2c3ccc(Cl)cc3C=Cc3cccnc32)CC1. The number of likely N-dealkylation sites (tertiary alicyclic amines) is 1. The Bertz CT molecular complexity index is 939. The van der Waals surface area contributed by atoms with Crippen LogP contribution < -0.4 is 0 Å². The van der Waals surface area contributed by atoms with E-state index >= 15 is 0 Å². The smallest absolute Gasteiger partial charge is 0.409 e. The summed E-state index contributed by atoms with van der Waals surface area (Å²) in [6.07, 6.45) is 7.43. The molecule has 0 saturated carbocycles. The number of amides is 1. The van der Waals surface area contributed by atoms with Crippen molar-refractivity contribution >= 4 is 35.4 Å². The molecule has 4 rings (SSSR count). The summed E-state index contributed by atoms with van der Waals surface area (Å²) in [6.45, 7) is 3.56. The van der Waals surface area contributed by atoms with Crippen LogP contribution >= 0.6 is 11.6 Å². The topological polar surface area (TPSA) is 42.4 Å². The van der Waals surface area contributed by atoms with Crippen LogP contribution in [0.4, 0.5) is 4.79 Å². The molecule has 5 heteroatoms. The molecule has 0 unspecified atom stereocenters. The van der Waals surface area contributed by atoms with Gasteiger partial charge in [-0.2, -0.15) is 0 Å². The van der Waals surface area contributed by atoms with Gasteiger partial charge in [-0.3, -0.25) is 4.98 Å². The molecule has 0 spiro atoms. The third-order valence-corrected chi connectivity index (χ3v) is 5.28. The largest absolute Gasteiger partial charge is 0.450 e. The van der Waals surface area contributed by atoms with Crippen LogP contribution in [0.5, 0.6) is 0 Å². The number of nitrogens with zero attached hydrogens (tertiary/aromatic N) is 2. The van der Waals surface area contributed by atoms with Gasteiger partial charge in [-0.05, 0) is 49.1 Å². The molecule has 138 valence electrons. The Morgan fingerprint density at radius 1 is 1.19 bits per heavy atom. The van der Waals surface area contributed by atoms with Crippen LogP contribution in [0.25, 0.3) is 17.7 Å². The Hall–Kier alpha value is -2.59. The number of pyridine rings is 1. The number of fused-ring (bicyclic) bond motifs is 2. The normalized spacial score (nSPS) is 15.9. The van der Waals surface area contributed by atoms with Crippen molar-refractivity contribution in [3.8, 4) is 0 Å². The number of rotatable bonds is 1. The van der Waals surface area contributed by atoms with Crippen molar-refractivity contribution in [3.05, 3.63) is 69.5 Å². The summed E-state index contributed by atoms with van der Waals surface area (Å²) in [5.41, 5.74) is 6.83. The van der Waals surface area contributed by atoms with Crippen molar-refractivity contribution in [1.82, 2.24) is 9.88 Å². The number of hydrogen-bond acceptors (Lipinski definition) is 3. The number of piperidine rings is 1. The van der Waals surface area contributed by atoms with Crippen LogP contribution in [0.15, 0.2) is 42.1 Å². The maximum absolute atomic E-state index is 12.0. The first-order chi connectivity index (χ1) is 13.2. The van der Waals surface area contributed by atoms with Crippen LogP contribution in [-0.4, -0.2) is 35.7 Å². The molecule has 0 N–H and O–H groups in total. The number of benzene rings is 1. The molecule has 4 nitrogen and oxygen atoms in total. The molecule has 1 saturated heterocycles. The summed E-state index contributed by atoms with van der Waals surface area (Å²) in [6, 6.07) is 10.0. The van der Waals surface area contributed by atoms with Gasteiger partial charge in [0.2, 0.25) is 0 Å². The van der Waals surface area contributed by atoms with E-state index in [0.717, 1.165) is 40.2 Å². The molecule has 0 atom stereocenters. The average Bonchev–Trinajstić information content (AvgIpc) is 2.85. The first-order valence-corrected chi connectivity index (χ1v) is 9.62. The van der Waals surface area contributed by atoms with E-state index in [-0.39, 0.29) is 6.09 Å². The van der Waals surface area contributed by atoms with E-state index in [1.807, 2.05) is 31.3 Å². The summed E-state index contributed by atoms with van der Waals surface area (Å²) in [5.74, 6) is 0. The number of hydrogen-bond donors (Lipinski definition) is 0. The average molecular weight is 381 g/mol. The van der Waals surface area contributed by atoms with E-state index < -0.39 is 0 Å². The zero-order valence-corrected chi connectivity index (χ0v) is 16.0. The minimum Gasteiger partial charge on any atom is -0.450 e. The maximum atomic E-state index is 12.0. The summed E-state index contributed by atoms with van der Waals surface area (Å²) >= 11 is 6.23. The van der Waals surface area contributed by atoms with Crippen LogP contribution in [0.3, 0.4) is 0 Å². The quantitative estimate of drug-likeness (QED) is 0.577. The Labute approximate surface area is 164 Å². The maximum Gasteiger partial charge on any atom is 0.409 e. The number of carbonyl (C=O) groups is 1. The molecule has 0 radical (unpaired) electrons. The highest BCUT2D eigenvalue weighted by molar-refractivity contribution is 6.30. The first kappa shape index (κ1) is 17.8. The van der Waals surface area contributed by atoms with Gasteiger partial charge >= 0.3 is 6.09 Å². The highest BCUT2D eigenvalue weighted by Crippen LogP contribution is 2.38. The minimum atomic E-state index is -0.227. The fraction of sp³-hybridized carbons (Fsp3) is 0.273. The molecule has 1 aromatic heterocycles. The molecule has 1 amide bonds. The van der Waals surface area contributed by atoms with Crippen molar-refractivity contribution in [2.45, 2.75) is 19.8 Å². The van der Waals surface area contributed by atoms with Crippen molar-refractivity contribution in [3.63, 3.8) is 0 Å². The zero-order chi connectivity index (χ0) is 18.8. The molecule has 0 bridgehead atoms. The lowest BCUT2D eigenvalue weighted by atomic mass is 9.88. The van der Waals surface area contributed by atoms with Crippen molar-refractivity contribution in [1.29, 1.82) is 0 Å². The van der Waals surface area contributed by atoms with E-state index in [0.29, 0.717) is 19.7 Å². The van der Waals surface area contributed by atoms with Gasteiger partial charge in [0.25, 0.3) is 0 Å². The molecule has 2 aromatic rings. The number of carbonyl (C=O) groups excluding carboxylic acids is 1. The molecular weight excluding hydrogens is 360 g/mol. The summed E-state index contributed by atoms with van der Waals surface area (Å²) in [4.78, 5) is 18.5. The van der Waals surface area contributed by atoms with Gasteiger partial charge in [-0.25, -0.2) is 4.79 Å². The van der Waals surface area contributed by atoms with Gasteiger partial charge < -0.3 is 9.64 Å². The third-order valence-electron chi connectivity index (χ3n) is 5.05. The highest BCUT2D eigenvalue weighted by atomic mass is 35.5. The molecule has 1 aromatic carbocycles. The van der Waals surface area contributed by atoms with Gasteiger partial charge in [0.15, 0.2) is 0 Å². The van der Waals surface area contributed by atoms with Gasteiger partial charge in [0.05, 0.1) is 12.3 Å². The fourth-order valence-corrected chi connectivity index (χ4v) is 3.93. The third kappa shape index (κ3) is 3.50. The predicted molar refractivity (Wildman–Crippen MR) is 108 cm³/mol. The Morgan fingerprint density at radius 3 is 2.74 bits per heavy atom. The zero-order valence-electron chi connectivity index (χ0n) is 15.2. The second-order valence-corrected chi connectivity index (χ2v) is 7.11. The lowest BCUT2D eigenvalue weighted by Gasteiger charge is -2.29. The van der Waals surface area contributed by atoms with E-state index in [1.54, 1.807) is 4.90 Å². The van der Waals surface area contributed by atoms with Gasteiger partial charge in [0, 0.05) is 35.4 Å². The van der Waals surface area contributed by atoms with Crippen molar-refractivity contribution in [2.24, 2.45) is 0 Å². The van der Waals surface area contributed by atoms with E-state index in [1.165, 1.54) is 11.1 Å². The number of ether oxygens (including phenoxy) is 1. The van der Waals surface area contributed by atoms with Crippen molar-refractivity contribution in [2.75, 3.05) is 19.7 Å². The lowest BCUT2D eigenvalue weighted by molar-refractivity contribution is 0.104. The first-order valence-electron chi connectivity index (χ1n) is 9.24. The Kier molecular flexibility index (Phi) is 4.99. The summed E-state index contributed by atoms with van der Waals surface area (Å²) in [5, 5.41) is 0.721. The van der Waals surface area contributed by atoms with Crippen LogP contribution in [0.2, 0.25) is 5.02 Å². The van der Waals surface area contributed by atoms with Gasteiger partial charge in [-0.1, -0.05) is 41.5 Å². The molecule has 1 aliphatic heterocycles.